The summed E-state index contributed by atoms with van der Waals surface area (Å²) in [7, 11) is 0. The standard InChI is InChI=1S/C21H29N3O3/c1-15(2)13-16(23-10-5-6-11-23)14-22-19(25)9-12-24-20(26)17-7-3-4-8-18(17)21(24)27/h3-4,7-8,15-16H,5-6,9-14H2,1-2H3,(H,22,25). The third-order valence-electron chi connectivity index (χ3n) is 5.38. The Hall–Kier alpha value is -2.21. The minimum atomic E-state index is -0.307. The zero-order chi connectivity index (χ0) is 19.4. The maximum Gasteiger partial charge on any atom is 0.261 e. The predicted octanol–water partition coefficient (Wildman–Crippen LogP) is 2.30. The molecule has 1 aromatic carbocycles. The van der Waals surface area contributed by atoms with Gasteiger partial charge in [-0.2, -0.15) is 0 Å². The van der Waals surface area contributed by atoms with E-state index in [2.05, 4.69) is 24.1 Å². The molecule has 0 bridgehead atoms. The van der Waals surface area contributed by atoms with Crippen LogP contribution in [-0.4, -0.2) is 59.7 Å². The molecular weight excluding hydrogens is 342 g/mol. The topological polar surface area (TPSA) is 69.7 Å². The van der Waals surface area contributed by atoms with Crippen LogP contribution < -0.4 is 5.32 Å². The van der Waals surface area contributed by atoms with Crippen molar-refractivity contribution in [3.05, 3.63) is 35.4 Å². The lowest BCUT2D eigenvalue weighted by molar-refractivity contribution is -0.121. The quantitative estimate of drug-likeness (QED) is 0.712. The van der Waals surface area contributed by atoms with Crippen molar-refractivity contribution in [2.45, 2.75) is 45.6 Å². The normalized spacial score (nSPS) is 18.3. The highest BCUT2D eigenvalue weighted by Gasteiger charge is 2.35. The van der Waals surface area contributed by atoms with Crippen molar-refractivity contribution in [3.8, 4) is 0 Å². The molecule has 1 unspecified atom stereocenters. The maximum atomic E-state index is 12.3. The number of likely N-dealkylation sites (tertiary alicyclic amines) is 1. The van der Waals surface area contributed by atoms with Crippen LogP contribution in [0.4, 0.5) is 0 Å². The van der Waals surface area contributed by atoms with Crippen LogP contribution >= 0.6 is 0 Å². The zero-order valence-electron chi connectivity index (χ0n) is 16.2. The number of rotatable bonds is 8. The average molecular weight is 371 g/mol. The maximum absolute atomic E-state index is 12.3. The number of nitrogens with zero attached hydrogens (tertiary/aromatic N) is 2. The Morgan fingerprint density at radius 1 is 1.07 bits per heavy atom. The van der Waals surface area contributed by atoms with Crippen LogP contribution in [0.5, 0.6) is 0 Å². The number of amides is 3. The molecule has 27 heavy (non-hydrogen) atoms. The highest BCUT2D eigenvalue weighted by molar-refractivity contribution is 6.21. The highest BCUT2D eigenvalue weighted by Crippen LogP contribution is 2.22. The van der Waals surface area contributed by atoms with E-state index in [4.69, 9.17) is 0 Å². The second-order valence-corrected chi connectivity index (χ2v) is 7.89. The smallest absolute Gasteiger partial charge is 0.261 e. The zero-order valence-corrected chi connectivity index (χ0v) is 16.2. The molecule has 2 heterocycles. The summed E-state index contributed by atoms with van der Waals surface area (Å²) in [5.41, 5.74) is 0.850. The summed E-state index contributed by atoms with van der Waals surface area (Å²) in [5.74, 6) is -0.151. The molecule has 6 nitrogen and oxygen atoms in total. The van der Waals surface area contributed by atoms with Gasteiger partial charge in [-0.1, -0.05) is 26.0 Å². The van der Waals surface area contributed by atoms with E-state index in [0.717, 1.165) is 19.5 Å². The average Bonchev–Trinajstić information content (AvgIpc) is 3.26. The van der Waals surface area contributed by atoms with Gasteiger partial charge in [-0.3, -0.25) is 24.2 Å². The van der Waals surface area contributed by atoms with Crippen molar-refractivity contribution in [1.82, 2.24) is 15.1 Å². The first kappa shape index (κ1) is 19.5. The van der Waals surface area contributed by atoms with Gasteiger partial charge in [-0.25, -0.2) is 0 Å². The Balaban J connectivity index is 1.49. The first-order valence-electron chi connectivity index (χ1n) is 9.93. The largest absolute Gasteiger partial charge is 0.354 e. The van der Waals surface area contributed by atoms with Crippen molar-refractivity contribution >= 4 is 17.7 Å². The van der Waals surface area contributed by atoms with Gasteiger partial charge in [0.25, 0.3) is 11.8 Å². The van der Waals surface area contributed by atoms with Crippen LogP contribution in [0, 0.1) is 5.92 Å². The molecule has 1 fully saturated rings. The van der Waals surface area contributed by atoms with Crippen LogP contribution in [0.15, 0.2) is 24.3 Å². The predicted molar refractivity (Wildman–Crippen MR) is 103 cm³/mol. The molecule has 0 aromatic heterocycles. The van der Waals surface area contributed by atoms with Crippen LogP contribution in [0.2, 0.25) is 0 Å². The molecular formula is C21H29N3O3. The molecule has 2 aliphatic rings. The van der Waals surface area contributed by atoms with Crippen LogP contribution in [0.25, 0.3) is 0 Å². The minimum Gasteiger partial charge on any atom is -0.354 e. The molecule has 2 aliphatic heterocycles. The fourth-order valence-corrected chi connectivity index (χ4v) is 3.99. The van der Waals surface area contributed by atoms with Crippen molar-refractivity contribution in [1.29, 1.82) is 0 Å². The Labute approximate surface area is 160 Å². The number of hydrogen-bond acceptors (Lipinski definition) is 4. The van der Waals surface area contributed by atoms with E-state index in [9.17, 15) is 14.4 Å². The van der Waals surface area contributed by atoms with E-state index in [-0.39, 0.29) is 30.7 Å². The lowest BCUT2D eigenvalue weighted by Crippen LogP contribution is -2.44. The molecule has 3 amide bonds. The number of nitrogens with one attached hydrogen (secondary N) is 1. The van der Waals surface area contributed by atoms with E-state index in [0.29, 0.717) is 29.6 Å². The van der Waals surface area contributed by atoms with Gasteiger partial charge in [-0.15, -0.1) is 0 Å². The van der Waals surface area contributed by atoms with Gasteiger partial charge in [0.05, 0.1) is 11.1 Å². The molecule has 6 heteroatoms. The summed E-state index contributed by atoms with van der Waals surface area (Å²) >= 11 is 0. The van der Waals surface area contributed by atoms with Gasteiger partial charge >= 0.3 is 0 Å². The van der Waals surface area contributed by atoms with Crippen LogP contribution in [0.3, 0.4) is 0 Å². The number of carbonyl (C=O) groups is 3. The number of imide groups is 1. The number of hydrogen-bond donors (Lipinski definition) is 1. The second kappa shape index (κ2) is 8.65. The van der Waals surface area contributed by atoms with Crippen LogP contribution in [0.1, 0.15) is 60.2 Å². The van der Waals surface area contributed by atoms with E-state index in [1.807, 2.05) is 0 Å². The van der Waals surface area contributed by atoms with Crippen molar-refractivity contribution in [2.75, 3.05) is 26.2 Å². The highest BCUT2D eigenvalue weighted by atomic mass is 16.2. The lowest BCUT2D eigenvalue weighted by atomic mass is 10.0. The number of benzene rings is 1. The fourth-order valence-electron chi connectivity index (χ4n) is 3.99. The van der Waals surface area contributed by atoms with Crippen molar-refractivity contribution in [2.24, 2.45) is 5.92 Å². The lowest BCUT2D eigenvalue weighted by Gasteiger charge is -2.29. The SMILES string of the molecule is CC(C)CC(CNC(=O)CCN1C(=O)c2ccccc2C1=O)N1CCCC1. The van der Waals surface area contributed by atoms with Crippen molar-refractivity contribution < 1.29 is 14.4 Å². The monoisotopic (exact) mass is 371 g/mol. The summed E-state index contributed by atoms with van der Waals surface area (Å²) in [6, 6.07) is 7.15. The molecule has 0 spiro atoms. The van der Waals surface area contributed by atoms with Gasteiger partial charge < -0.3 is 5.32 Å². The Morgan fingerprint density at radius 3 is 2.22 bits per heavy atom. The Kier molecular flexibility index (Phi) is 6.26. The molecule has 0 saturated carbocycles. The molecule has 1 atom stereocenters. The molecule has 0 radical (unpaired) electrons. The van der Waals surface area contributed by atoms with Gasteiger partial charge in [0.2, 0.25) is 5.91 Å². The summed E-state index contributed by atoms with van der Waals surface area (Å²) in [4.78, 5) is 40.6. The molecule has 1 N–H and O–H groups in total. The molecule has 0 aliphatic carbocycles. The Morgan fingerprint density at radius 2 is 1.67 bits per heavy atom. The van der Waals surface area contributed by atoms with E-state index < -0.39 is 0 Å². The van der Waals surface area contributed by atoms with Gasteiger partial charge in [0, 0.05) is 25.6 Å². The summed E-state index contributed by atoms with van der Waals surface area (Å²) in [5, 5.41) is 3.01. The Bertz CT molecular complexity index is 675. The third kappa shape index (κ3) is 4.56. The first-order valence-corrected chi connectivity index (χ1v) is 9.93. The number of carbonyl (C=O) groups excluding carboxylic acids is 3. The molecule has 3 rings (SSSR count). The van der Waals surface area contributed by atoms with E-state index >= 15 is 0 Å². The summed E-state index contributed by atoms with van der Waals surface area (Å²) in [6.07, 6.45) is 3.64. The van der Waals surface area contributed by atoms with Gasteiger partial charge in [0.1, 0.15) is 0 Å². The summed E-state index contributed by atoms with van der Waals surface area (Å²) < 4.78 is 0. The summed E-state index contributed by atoms with van der Waals surface area (Å²) in [6.45, 7) is 7.35. The van der Waals surface area contributed by atoms with E-state index in [1.165, 1.54) is 17.7 Å². The molecule has 146 valence electrons. The van der Waals surface area contributed by atoms with E-state index in [1.54, 1.807) is 24.3 Å². The number of fused-ring (bicyclic) bond motifs is 1. The van der Waals surface area contributed by atoms with Gasteiger partial charge in [-0.05, 0) is 50.4 Å². The first-order chi connectivity index (χ1) is 13.0. The van der Waals surface area contributed by atoms with Crippen molar-refractivity contribution in [3.63, 3.8) is 0 Å². The molecule has 1 aromatic rings. The fraction of sp³-hybridized carbons (Fsp3) is 0.571. The van der Waals surface area contributed by atoms with Gasteiger partial charge in [0.15, 0.2) is 0 Å². The molecule has 1 saturated heterocycles. The third-order valence-corrected chi connectivity index (χ3v) is 5.38. The van der Waals surface area contributed by atoms with Crippen LogP contribution in [-0.2, 0) is 4.79 Å². The second-order valence-electron chi connectivity index (χ2n) is 7.89. The minimum absolute atomic E-state index is 0.112.